The zero-order valence-corrected chi connectivity index (χ0v) is 38.8. The molecule has 18 atom stereocenters. The summed E-state index contributed by atoms with van der Waals surface area (Å²) in [6, 6.07) is 10.8. The molecule has 4 heteroatoms. The summed E-state index contributed by atoms with van der Waals surface area (Å²) in [4.78, 5) is 13.0. The molecule has 12 rings (SSSR count). The van der Waals surface area contributed by atoms with Crippen molar-refractivity contribution in [3.8, 4) is 0 Å². The van der Waals surface area contributed by atoms with Crippen LogP contribution in [0.5, 0.6) is 0 Å². The van der Waals surface area contributed by atoms with E-state index in [1.165, 1.54) is 96.3 Å². The Kier molecular flexibility index (Phi) is 9.65. The molecule has 1 aromatic rings. The lowest BCUT2D eigenvalue weighted by molar-refractivity contribution is -0.0816. The van der Waals surface area contributed by atoms with Crippen molar-refractivity contribution in [3.63, 3.8) is 0 Å². The molecule has 322 valence electrons. The van der Waals surface area contributed by atoms with E-state index in [1.807, 2.05) is 0 Å². The standard InChI is InChI=1S/C55H84BN3/c1-31(2)35-21-14-22-36(32(3)4)49(35)34-28-33-26-27-45-53-50(33)47(29-34)58-48-30-43(55(5,6)7)39-18-10-11-20-42(39)52(48)57-54(58)59(53)46-25-15-23-41-38-17-9-8-16-37(38)40-19-12-13-24-44(40)56(45)51(41)46/h14,21-22,31-34,37-48,50-53H,8-13,15-20,23-30H2,1-7H3. The fourth-order valence-electron chi connectivity index (χ4n) is 20.3. The molecular formula is C55H84BN3. The Hall–Kier alpha value is -1.45. The molecule has 11 aliphatic rings. The number of fused-ring (bicyclic) bond motifs is 14. The largest absolute Gasteiger partial charge is 0.337 e. The van der Waals surface area contributed by atoms with Gasteiger partial charge in [0.2, 0.25) is 0 Å². The van der Waals surface area contributed by atoms with Crippen LogP contribution in [0.15, 0.2) is 23.2 Å². The SMILES string of the molecule is CC(C)c1cccc(C(C)C)c1C1CC2CCC3B4C5CCCCC5C5CCCCC5C5CCCC(C45)N4C5=NC6C7CCCCC7C(C(C)(C)C)CC6N5C(C1)C2C34. The Morgan fingerprint density at radius 1 is 0.593 bits per heavy atom. The van der Waals surface area contributed by atoms with Gasteiger partial charge >= 0.3 is 0 Å². The summed E-state index contributed by atoms with van der Waals surface area (Å²) in [6.07, 6.45) is 30.0. The Morgan fingerprint density at radius 2 is 1.24 bits per heavy atom. The topological polar surface area (TPSA) is 18.8 Å². The number of rotatable bonds is 3. The molecule has 0 amide bonds. The van der Waals surface area contributed by atoms with Gasteiger partial charge in [-0.3, -0.25) is 0 Å². The summed E-state index contributed by atoms with van der Waals surface area (Å²) in [6.45, 7) is 18.8. The quantitative estimate of drug-likeness (QED) is 0.284. The Morgan fingerprint density at radius 3 is 1.95 bits per heavy atom. The first-order valence-corrected chi connectivity index (χ1v) is 26.9. The van der Waals surface area contributed by atoms with Gasteiger partial charge in [-0.15, -0.1) is 0 Å². The van der Waals surface area contributed by atoms with Crippen molar-refractivity contribution in [1.29, 1.82) is 0 Å². The second-order valence-electron chi connectivity index (χ2n) is 25.6. The highest BCUT2D eigenvalue weighted by Gasteiger charge is 2.70. The summed E-state index contributed by atoms with van der Waals surface area (Å²) < 4.78 is 0. The van der Waals surface area contributed by atoms with Gasteiger partial charge in [0, 0.05) is 24.0 Å². The van der Waals surface area contributed by atoms with Crippen LogP contribution in [0.3, 0.4) is 0 Å². The second-order valence-corrected chi connectivity index (χ2v) is 25.6. The number of hydrogen-bond donors (Lipinski definition) is 0. The van der Waals surface area contributed by atoms with Gasteiger partial charge in [-0.05, 0) is 150 Å². The van der Waals surface area contributed by atoms with Gasteiger partial charge in [0.05, 0.1) is 12.1 Å². The van der Waals surface area contributed by atoms with Crippen molar-refractivity contribution >= 4 is 12.7 Å². The van der Waals surface area contributed by atoms with E-state index in [2.05, 4.69) is 76.5 Å². The highest BCUT2D eigenvalue weighted by molar-refractivity contribution is 6.65. The molecule has 18 unspecified atom stereocenters. The minimum atomic E-state index is 0.366. The van der Waals surface area contributed by atoms with E-state index in [9.17, 15) is 0 Å². The lowest BCUT2D eigenvalue weighted by atomic mass is 9.19. The molecule has 0 N–H and O–H groups in total. The lowest BCUT2D eigenvalue weighted by Gasteiger charge is -2.69. The van der Waals surface area contributed by atoms with E-state index in [1.54, 1.807) is 54.8 Å². The van der Waals surface area contributed by atoms with Crippen molar-refractivity contribution in [1.82, 2.24) is 9.80 Å². The van der Waals surface area contributed by atoms with E-state index in [4.69, 9.17) is 4.99 Å². The highest BCUT2D eigenvalue weighted by Crippen LogP contribution is 2.70. The third-order valence-corrected chi connectivity index (χ3v) is 21.8. The molecule has 3 nitrogen and oxygen atoms in total. The molecule has 4 heterocycles. The van der Waals surface area contributed by atoms with Crippen LogP contribution in [0, 0.1) is 58.7 Å². The molecule has 7 aliphatic carbocycles. The average molecular weight is 798 g/mol. The first-order valence-electron chi connectivity index (χ1n) is 26.9. The Balaban J connectivity index is 1.02. The highest BCUT2D eigenvalue weighted by atomic mass is 15.5. The number of benzene rings is 1. The number of aliphatic imine (C=N–C) groups is 1. The molecule has 4 aliphatic heterocycles. The van der Waals surface area contributed by atoms with Crippen molar-refractivity contribution in [2.24, 2.45) is 63.7 Å². The molecule has 7 saturated carbocycles. The summed E-state index contributed by atoms with van der Waals surface area (Å²) in [5, 5.41) is 0. The van der Waals surface area contributed by atoms with Crippen LogP contribution < -0.4 is 0 Å². The molecule has 0 aromatic heterocycles. The van der Waals surface area contributed by atoms with Gasteiger partial charge in [0.15, 0.2) is 12.7 Å². The van der Waals surface area contributed by atoms with Crippen molar-refractivity contribution in [3.05, 3.63) is 34.9 Å². The van der Waals surface area contributed by atoms with Crippen molar-refractivity contribution in [2.75, 3.05) is 0 Å². The molecule has 59 heavy (non-hydrogen) atoms. The van der Waals surface area contributed by atoms with Gasteiger partial charge in [-0.1, -0.05) is 150 Å². The summed E-state index contributed by atoms with van der Waals surface area (Å²) in [7, 11) is 0. The third-order valence-electron chi connectivity index (χ3n) is 21.8. The van der Waals surface area contributed by atoms with E-state index in [0.717, 1.165) is 89.5 Å². The summed E-state index contributed by atoms with van der Waals surface area (Å²) >= 11 is 0. The van der Waals surface area contributed by atoms with E-state index in [0.29, 0.717) is 41.3 Å². The van der Waals surface area contributed by atoms with Crippen LogP contribution in [0.4, 0.5) is 0 Å². The Labute approximate surface area is 361 Å². The van der Waals surface area contributed by atoms with Crippen molar-refractivity contribution < 1.29 is 0 Å². The van der Waals surface area contributed by atoms with Gasteiger partial charge < -0.3 is 9.80 Å². The van der Waals surface area contributed by atoms with Crippen LogP contribution in [0.2, 0.25) is 17.5 Å². The van der Waals surface area contributed by atoms with Crippen LogP contribution >= 0.6 is 0 Å². The molecule has 0 radical (unpaired) electrons. The van der Waals surface area contributed by atoms with Crippen LogP contribution in [-0.4, -0.2) is 52.7 Å². The zero-order valence-electron chi connectivity index (χ0n) is 38.8. The molecule has 0 bridgehead atoms. The van der Waals surface area contributed by atoms with Gasteiger partial charge in [0.25, 0.3) is 0 Å². The molecule has 10 fully saturated rings. The minimum Gasteiger partial charge on any atom is -0.337 e. The molecule has 0 spiro atoms. The average Bonchev–Trinajstić information content (AvgIpc) is 3.58. The van der Waals surface area contributed by atoms with Gasteiger partial charge in [-0.2, -0.15) is 0 Å². The molecular weight excluding hydrogens is 713 g/mol. The molecule has 3 saturated heterocycles. The van der Waals surface area contributed by atoms with Crippen LogP contribution in [-0.2, 0) is 0 Å². The zero-order chi connectivity index (χ0) is 40.1. The van der Waals surface area contributed by atoms with E-state index >= 15 is 0 Å². The number of nitrogens with zero attached hydrogens (tertiary/aromatic N) is 3. The maximum Gasteiger partial charge on any atom is 0.198 e. The second kappa shape index (κ2) is 14.5. The fraction of sp³-hybridized carbons (Fsp3) is 0.873. The van der Waals surface area contributed by atoms with E-state index < -0.39 is 0 Å². The van der Waals surface area contributed by atoms with Crippen molar-refractivity contribution in [2.45, 2.75) is 242 Å². The maximum absolute atomic E-state index is 6.42. The first-order chi connectivity index (χ1) is 28.6. The predicted molar refractivity (Wildman–Crippen MR) is 248 cm³/mol. The number of guanidine groups is 1. The summed E-state index contributed by atoms with van der Waals surface area (Å²) in [5.74, 6) is 14.7. The Bertz CT molecular complexity index is 1750. The predicted octanol–water partition coefficient (Wildman–Crippen LogP) is 14.0. The summed E-state index contributed by atoms with van der Waals surface area (Å²) in [5.41, 5.74) is 5.51. The van der Waals surface area contributed by atoms with Gasteiger partial charge in [0.1, 0.15) is 0 Å². The van der Waals surface area contributed by atoms with Crippen LogP contribution in [0.1, 0.15) is 211 Å². The minimum absolute atomic E-state index is 0.366. The van der Waals surface area contributed by atoms with E-state index in [-0.39, 0.29) is 0 Å². The fourth-order valence-corrected chi connectivity index (χ4v) is 20.3. The first kappa shape index (κ1) is 39.2. The lowest BCUT2D eigenvalue weighted by Crippen LogP contribution is -2.76. The van der Waals surface area contributed by atoms with Crippen LogP contribution in [0.25, 0.3) is 0 Å². The maximum atomic E-state index is 6.42. The smallest absolute Gasteiger partial charge is 0.198 e. The monoisotopic (exact) mass is 798 g/mol. The normalized spacial score (nSPS) is 47.2. The van der Waals surface area contributed by atoms with Gasteiger partial charge in [-0.25, -0.2) is 4.99 Å². The third kappa shape index (κ3) is 5.79. The number of hydrogen-bond acceptors (Lipinski definition) is 3. The molecule has 1 aromatic carbocycles.